The van der Waals surface area contributed by atoms with Crippen LogP contribution in [0.1, 0.15) is 24.0 Å². The molecular formula is C20H26N4O. The number of rotatable bonds is 7. The summed E-state index contributed by atoms with van der Waals surface area (Å²) >= 11 is 0. The third kappa shape index (κ3) is 5.29. The highest BCUT2D eigenvalue weighted by Crippen LogP contribution is 2.17. The quantitative estimate of drug-likeness (QED) is 0.813. The Kier molecular flexibility index (Phi) is 6.01. The second-order valence-corrected chi connectivity index (χ2v) is 6.68. The van der Waals surface area contributed by atoms with E-state index in [0.717, 1.165) is 51.1 Å². The minimum Gasteiger partial charge on any atom is -0.381 e. The van der Waals surface area contributed by atoms with Crippen LogP contribution in [0.3, 0.4) is 0 Å². The SMILES string of the molecule is NC(=O)C1CCN(CCc2ccc(NCc3cccnc3)cc2)CC1. The van der Waals surface area contributed by atoms with Gasteiger partial charge in [-0.25, -0.2) is 0 Å². The van der Waals surface area contributed by atoms with E-state index >= 15 is 0 Å². The van der Waals surface area contributed by atoms with Crippen molar-refractivity contribution in [2.75, 3.05) is 25.0 Å². The van der Waals surface area contributed by atoms with Crippen molar-refractivity contribution in [1.82, 2.24) is 9.88 Å². The fraction of sp³-hybridized carbons (Fsp3) is 0.400. The number of nitrogens with zero attached hydrogens (tertiary/aromatic N) is 2. The highest BCUT2D eigenvalue weighted by Gasteiger charge is 2.22. The molecule has 3 rings (SSSR count). The predicted octanol–water partition coefficient (Wildman–Crippen LogP) is 2.43. The normalized spacial score (nSPS) is 15.8. The summed E-state index contributed by atoms with van der Waals surface area (Å²) in [4.78, 5) is 17.8. The van der Waals surface area contributed by atoms with E-state index in [0.29, 0.717) is 0 Å². The molecule has 5 nitrogen and oxygen atoms in total. The van der Waals surface area contributed by atoms with Crippen molar-refractivity contribution in [2.24, 2.45) is 11.7 Å². The van der Waals surface area contributed by atoms with Crippen LogP contribution in [0.5, 0.6) is 0 Å². The maximum Gasteiger partial charge on any atom is 0.220 e. The molecule has 0 aliphatic carbocycles. The lowest BCUT2D eigenvalue weighted by molar-refractivity contribution is -0.123. The fourth-order valence-electron chi connectivity index (χ4n) is 3.22. The maximum absolute atomic E-state index is 11.2. The van der Waals surface area contributed by atoms with Crippen LogP contribution in [-0.4, -0.2) is 35.4 Å². The first-order valence-electron chi connectivity index (χ1n) is 8.94. The predicted molar refractivity (Wildman–Crippen MR) is 100 cm³/mol. The van der Waals surface area contributed by atoms with Crippen LogP contribution in [0.25, 0.3) is 0 Å². The molecule has 5 heteroatoms. The smallest absolute Gasteiger partial charge is 0.220 e. The molecular weight excluding hydrogens is 312 g/mol. The number of hydrogen-bond donors (Lipinski definition) is 2. The first-order chi connectivity index (χ1) is 12.2. The second kappa shape index (κ2) is 8.62. The van der Waals surface area contributed by atoms with Crippen LogP contribution < -0.4 is 11.1 Å². The molecule has 1 aromatic carbocycles. The van der Waals surface area contributed by atoms with Crippen molar-refractivity contribution in [3.8, 4) is 0 Å². The van der Waals surface area contributed by atoms with E-state index in [1.54, 1.807) is 6.20 Å². The average Bonchev–Trinajstić information content (AvgIpc) is 2.67. The van der Waals surface area contributed by atoms with Gasteiger partial charge in [-0.05, 0) is 61.7 Å². The topological polar surface area (TPSA) is 71.2 Å². The molecule has 0 atom stereocenters. The van der Waals surface area contributed by atoms with Crippen LogP contribution in [0.4, 0.5) is 5.69 Å². The Morgan fingerprint density at radius 1 is 1.16 bits per heavy atom. The van der Waals surface area contributed by atoms with Gasteiger partial charge in [0.2, 0.25) is 5.91 Å². The van der Waals surface area contributed by atoms with E-state index in [4.69, 9.17) is 5.73 Å². The summed E-state index contributed by atoms with van der Waals surface area (Å²) in [5.41, 5.74) is 9.02. The van der Waals surface area contributed by atoms with Crippen LogP contribution in [0.2, 0.25) is 0 Å². The van der Waals surface area contributed by atoms with Gasteiger partial charge in [0, 0.05) is 37.1 Å². The number of pyridine rings is 1. The molecule has 1 saturated heterocycles. The summed E-state index contributed by atoms with van der Waals surface area (Å²) in [7, 11) is 0. The number of benzene rings is 1. The van der Waals surface area contributed by atoms with Gasteiger partial charge in [-0.1, -0.05) is 18.2 Å². The van der Waals surface area contributed by atoms with Gasteiger partial charge < -0.3 is 16.0 Å². The molecule has 1 aromatic heterocycles. The summed E-state index contributed by atoms with van der Waals surface area (Å²) in [6.07, 6.45) is 6.49. The van der Waals surface area contributed by atoms with E-state index in [2.05, 4.69) is 45.5 Å². The van der Waals surface area contributed by atoms with Crippen molar-refractivity contribution in [3.63, 3.8) is 0 Å². The molecule has 0 unspecified atom stereocenters. The molecule has 1 aliphatic rings. The van der Waals surface area contributed by atoms with Gasteiger partial charge >= 0.3 is 0 Å². The van der Waals surface area contributed by atoms with Crippen molar-refractivity contribution >= 4 is 11.6 Å². The molecule has 0 saturated carbocycles. The Balaban J connectivity index is 1.41. The van der Waals surface area contributed by atoms with Gasteiger partial charge in [-0.15, -0.1) is 0 Å². The van der Waals surface area contributed by atoms with Gasteiger partial charge in [0.25, 0.3) is 0 Å². The Bertz CT molecular complexity index is 664. The van der Waals surface area contributed by atoms with Crippen LogP contribution >= 0.6 is 0 Å². The van der Waals surface area contributed by atoms with Crippen LogP contribution in [0, 0.1) is 5.92 Å². The number of anilines is 1. The standard InChI is InChI=1S/C20H26N4O/c21-20(25)18-8-12-24(13-9-18)11-7-16-3-5-19(6-4-16)23-15-17-2-1-10-22-14-17/h1-6,10,14,18,23H,7-9,11-13,15H2,(H2,21,25). The Morgan fingerprint density at radius 3 is 2.56 bits per heavy atom. The number of piperidine rings is 1. The first-order valence-corrected chi connectivity index (χ1v) is 8.94. The van der Waals surface area contributed by atoms with E-state index in [1.165, 1.54) is 11.1 Å². The van der Waals surface area contributed by atoms with E-state index in [9.17, 15) is 4.79 Å². The zero-order chi connectivity index (χ0) is 17.5. The molecule has 0 bridgehead atoms. The highest BCUT2D eigenvalue weighted by molar-refractivity contribution is 5.76. The summed E-state index contributed by atoms with van der Waals surface area (Å²) in [6, 6.07) is 12.6. The van der Waals surface area contributed by atoms with Gasteiger partial charge in [0.05, 0.1) is 0 Å². The summed E-state index contributed by atoms with van der Waals surface area (Å²) in [6.45, 7) is 3.76. The zero-order valence-electron chi connectivity index (χ0n) is 14.5. The third-order valence-corrected chi connectivity index (χ3v) is 4.88. The molecule has 3 N–H and O–H groups in total. The van der Waals surface area contributed by atoms with Crippen molar-refractivity contribution < 1.29 is 4.79 Å². The largest absolute Gasteiger partial charge is 0.381 e. The van der Waals surface area contributed by atoms with Gasteiger partial charge in [0.1, 0.15) is 0 Å². The Labute approximate surface area is 149 Å². The number of nitrogens with one attached hydrogen (secondary N) is 1. The number of primary amides is 1. The van der Waals surface area contributed by atoms with Crippen molar-refractivity contribution in [2.45, 2.75) is 25.8 Å². The van der Waals surface area contributed by atoms with E-state index in [1.807, 2.05) is 12.3 Å². The zero-order valence-corrected chi connectivity index (χ0v) is 14.5. The summed E-state index contributed by atoms with van der Waals surface area (Å²) in [5, 5.41) is 3.41. The van der Waals surface area contributed by atoms with Crippen LogP contribution in [0.15, 0.2) is 48.8 Å². The number of likely N-dealkylation sites (tertiary alicyclic amines) is 1. The molecule has 2 heterocycles. The minimum atomic E-state index is -0.144. The average molecular weight is 338 g/mol. The molecule has 0 spiro atoms. The number of carbonyl (C=O) groups is 1. The van der Waals surface area contributed by atoms with Gasteiger partial charge in [-0.3, -0.25) is 9.78 Å². The van der Waals surface area contributed by atoms with E-state index < -0.39 is 0 Å². The van der Waals surface area contributed by atoms with Crippen molar-refractivity contribution in [1.29, 1.82) is 0 Å². The second-order valence-electron chi connectivity index (χ2n) is 6.68. The molecule has 1 fully saturated rings. The van der Waals surface area contributed by atoms with Crippen LogP contribution in [-0.2, 0) is 17.8 Å². The summed E-state index contributed by atoms with van der Waals surface area (Å²) < 4.78 is 0. The lowest BCUT2D eigenvalue weighted by atomic mass is 9.96. The number of carbonyl (C=O) groups excluding carboxylic acids is 1. The molecule has 1 aliphatic heterocycles. The minimum absolute atomic E-state index is 0.0708. The third-order valence-electron chi connectivity index (χ3n) is 4.88. The lowest BCUT2D eigenvalue weighted by Gasteiger charge is -2.30. The Morgan fingerprint density at radius 2 is 1.92 bits per heavy atom. The lowest BCUT2D eigenvalue weighted by Crippen LogP contribution is -2.39. The monoisotopic (exact) mass is 338 g/mol. The maximum atomic E-state index is 11.2. The number of aromatic nitrogens is 1. The first kappa shape index (κ1) is 17.4. The Hall–Kier alpha value is -2.40. The van der Waals surface area contributed by atoms with Crippen molar-refractivity contribution in [3.05, 3.63) is 59.9 Å². The molecule has 1 amide bonds. The fourth-order valence-corrected chi connectivity index (χ4v) is 3.22. The molecule has 25 heavy (non-hydrogen) atoms. The number of hydrogen-bond acceptors (Lipinski definition) is 4. The molecule has 2 aromatic rings. The van der Waals surface area contributed by atoms with Gasteiger partial charge in [0.15, 0.2) is 0 Å². The number of nitrogens with two attached hydrogens (primary N) is 1. The molecule has 132 valence electrons. The summed E-state index contributed by atoms with van der Waals surface area (Å²) in [5.74, 6) is -0.0737. The number of amides is 1. The van der Waals surface area contributed by atoms with Gasteiger partial charge in [-0.2, -0.15) is 0 Å². The molecule has 0 radical (unpaired) electrons. The highest BCUT2D eigenvalue weighted by atomic mass is 16.1. The van der Waals surface area contributed by atoms with E-state index in [-0.39, 0.29) is 11.8 Å².